The molecule has 1 rings (SSSR count). The Hall–Kier alpha value is -1.44. The number of hydrogen-bond donors (Lipinski definition) is 2. The van der Waals surface area contributed by atoms with E-state index < -0.39 is 10.0 Å². The first-order valence-electron chi connectivity index (χ1n) is 7.64. The molecule has 0 unspecified atom stereocenters. The molecule has 23 heavy (non-hydrogen) atoms. The number of carbonyl (C=O) groups is 1. The summed E-state index contributed by atoms with van der Waals surface area (Å²) < 4.78 is 22.9. The maximum absolute atomic E-state index is 12.1. The first-order valence-corrected chi connectivity index (χ1v) is 9.19. The van der Waals surface area contributed by atoms with Gasteiger partial charge in [0.05, 0.1) is 11.4 Å². The van der Waals surface area contributed by atoms with Crippen LogP contribution >= 0.6 is 0 Å². The van der Waals surface area contributed by atoms with E-state index in [4.69, 9.17) is 5.14 Å². The van der Waals surface area contributed by atoms with Crippen LogP contribution in [0.4, 0.5) is 0 Å². The molecular weight excluding hydrogens is 314 g/mol. The predicted molar refractivity (Wildman–Crippen MR) is 91.3 cm³/mol. The fourth-order valence-corrected chi connectivity index (χ4v) is 2.60. The number of primary sulfonamides is 1. The van der Waals surface area contributed by atoms with Crippen LogP contribution in [0.1, 0.15) is 39.3 Å². The van der Waals surface area contributed by atoms with E-state index in [-0.39, 0.29) is 29.4 Å². The first kappa shape index (κ1) is 19.6. The highest BCUT2D eigenvalue weighted by Gasteiger charge is 2.18. The molecule has 1 amide bonds. The van der Waals surface area contributed by atoms with Crippen LogP contribution in [0.15, 0.2) is 29.2 Å². The SMILES string of the molecule is CC(C)[C@H](C)NC(=O)CN(C)[C@H](C)c1cccc(S(N)(=O)=O)c1. The molecule has 1 aromatic carbocycles. The van der Waals surface area contributed by atoms with Crippen LogP contribution in [-0.4, -0.2) is 38.9 Å². The minimum Gasteiger partial charge on any atom is -0.352 e. The monoisotopic (exact) mass is 341 g/mol. The second-order valence-corrected chi connectivity index (χ2v) is 7.87. The average Bonchev–Trinajstić information content (AvgIpc) is 2.45. The summed E-state index contributed by atoms with van der Waals surface area (Å²) in [5.41, 5.74) is 0.795. The van der Waals surface area contributed by atoms with Gasteiger partial charge in [0, 0.05) is 12.1 Å². The summed E-state index contributed by atoms with van der Waals surface area (Å²) in [6.45, 7) is 8.23. The number of nitrogens with two attached hydrogens (primary N) is 1. The molecule has 0 heterocycles. The van der Waals surface area contributed by atoms with Gasteiger partial charge in [0.2, 0.25) is 15.9 Å². The second-order valence-electron chi connectivity index (χ2n) is 6.31. The number of rotatable bonds is 7. The quantitative estimate of drug-likeness (QED) is 0.786. The fraction of sp³-hybridized carbons (Fsp3) is 0.562. The Morgan fingerprint density at radius 2 is 1.87 bits per heavy atom. The minimum absolute atomic E-state index is 0.0526. The van der Waals surface area contributed by atoms with Crippen molar-refractivity contribution in [3.05, 3.63) is 29.8 Å². The number of sulfonamides is 1. The van der Waals surface area contributed by atoms with Crippen LogP contribution in [0.3, 0.4) is 0 Å². The summed E-state index contributed by atoms with van der Waals surface area (Å²) in [6.07, 6.45) is 0. The highest BCUT2D eigenvalue weighted by molar-refractivity contribution is 7.89. The lowest BCUT2D eigenvalue weighted by molar-refractivity contribution is -0.123. The summed E-state index contributed by atoms with van der Waals surface area (Å²) in [7, 11) is -1.90. The lowest BCUT2D eigenvalue weighted by Crippen LogP contribution is -2.42. The van der Waals surface area contributed by atoms with Crippen molar-refractivity contribution in [1.29, 1.82) is 0 Å². The van der Waals surface area contributed by atoms with Crippen molar-refractivity contribution >= 4 is 15.9 Å². The molecule has 0 aliphatic heterocycles. The van der Waals surface area contributed by atoms with Crippen LogP contribution in [0.2, 0.25) is 0 Å². The highest BCUT2D eigenvalue weighted by atomic mass is 32.2. The van der Waals surface area contributed by atoms with E-state index >= 15 is 0 Å². The van der Waals surface area contributed by atoms with Gasteiger partial charge in [0.1, 0.15) is 0 Å². The third-order valence-electron chi connectivity index (χ3n) is 4.11. The van der Waals surface area contributed by atoms with Gasteiger partial charge in [-0.3, -0.25) is 9.69 Å². The maximum Gasteiger partial charge on any atom is 0.238 e. The molecule has 0 radical (unpaired) electrons. The van der Waals surface area contributed by atoms with Gasteiger partial charge in [-0.15, -0.1) is 0 Å². The van der Waals surface area contributed by atoms with Gasteiger partial charge in [0.15, 0.2) is 0 Å². The number of nitrogens with zero attached hydrogens (tertiary/aromatic N) is 1. The number of likely N-dealkylation sites (N-methyl/N-ethyl adjacent to an activating group) is 1. The van der Waals surface area contributed by atoms with Gasteiger partial charge in [-0.1, -0.05) is 26.0 Å². The van der Waals surface area contributed by atoms with Crippen molar-refractivity contribution in [2.45, 2.75) is 44.7 Å². The molecule has 7 heteroatoms. The summed E-state index contributed by atoms with van der Waals surface area (Å²) >= 11 is 0. The summed E-state index contributed by atoms with van der Waals surface area (Å²) in [4.78, 5) is 14.0. The molecule has 130 valence electrons. The standard InChI is InChI=1S/C16H27N3O3S/c1-11(2)12(3)18-16(20)10-19(5)13(4)14-7-6-8-15(9-14)23(17,21)22/h6-9,11-13H,10H2,1-5H3,(H,18,20)(H2,17,21,22)/t12-,13+/m0/s1. The van der Waals surface area contributed by atoms with Crippen LogP contribution < -0.4 is 10.5 Å². The zero-order chi connectivity index (χ0) is 17.8. The van der Waals surface area contributed by atoms with Crippen molar-refractivity contribution in [3.8, 4) is 0 Å². The molecule has 0 aromatic heterocycles. The largest absolute Gasteiger partial charge is 0.352 e. The number of benzene rings is 1. The summed E-state index contributed by atoms with van der Waals surface area (Å²) in [5, 5.41) is 8.12. The van der Waals surface area contributed by atoms with Gasteiger partial charge in [-0.2, -0.15) is 0 Å². The van der Waals surface area contributed by atoms with E-state index in [1.165, 1.54) is 6.07 Å². The molecule has 1 aromatic rings. The Kier molecular flexibility index (Phi) is 6.73. The Balaban J connectivity index is 2.77. The average molecular weight is 341 g/mol. The maximum atomic E-state index is 12.1. The topological polar surface area (TPSA) is 92.5 Å². The molecule has 3 N–H and O–H groups in total. The highest BCUT2D eigenvalue weighted by Crippen LogP contribution is 2.21. The number of amides is 1. The Labute approximate surface area is 139 Å². The smallest absolute Gasteiger partial charge is 0.238 e. The normalized spacial score (nSPS) is 14.8. The molecule has 0 saturated heterocycles. The first-order chi connectivity index (χ1) is 10.5. The molecule has 2 atom stereocenters. The molecule has 0 fully saturated rings. The molecule has 0 saturated carbocycles. The third-order valence-corrected chi connectivity index (χ3v) is 5.02. The predicted octanol–water partition coefficient (Wildman–Crippen LogP) is 1.49. The Bertz CT molecular complexity index is 644. The van der Waals surface area contributed by atoms with Crippen molar-refractivity contribution in [2.24, 2.45) is 11.1 Å². The van der Waals surface area contributed by atoms with Gasteiger partial charge in [-0.05, 0) is 44.5 Å². The number of nitrogens with one attached hydrogen (secondary N) is 1. The lowest BCUT2D eigenvalue weighted by atomic mass is 10.1. The molecule has 0 aliphatic carbocycles. The van der Waals surface area contributed by atoms with Crippen LogP contribution in [0, 0.1) is 5.92 Å². The zero-order valence-electron chi connectivity index (χ0n) is 14.4. The van der Waals surface area contributed by atoms with E-state index in [2.05, 4.69) is 19.2 Å². The number of carbonyl (C=O) groups excluding carboxylic acids is 1. The second kappa shape index (κ2) is 7.90. The van der Waals surface area contributed by atoms with E-state index in [1.54, 1.807) is 12.1 Å². The van der Waals surface area contributed by atoms with Gasteiger partial charge in [0.25, 0.3) is 0 Å². The van der Waals surface area contributed by atoms with E-state index in [1.807, 2.05) is 31.9 Å². The molecular formula is C16H27N3O3S. The zero-order valence-corrected chi connectivity index (χ0v) is 15.2. The van der Waals surface area contributed by atoms with Crippen molar-refractivity contribution < 1.29 is 13.2 Å². The lowest BCUT2D eigenvalue weighted by Gasteiger charge is -2.26. The van der Waals surface area contributed by atoms with E-state index in [0.717, 1.165) is 5.56 Å². The van der Waals surface area contributed by atoms with Crippen molar-refractivity contribution in [1.82, 2.24) is 10.2 Å². The fourth-order valence-electron chi connectivity index (χ4n) is 2.04. The Morgan fingerprint density at radius 1 is 1.26 bits per heavy atom. The summed E-state index contributed by atoms with van der Waals surface area (Å²) in [6, 6.07) is 6.48. The van der Waals surface area contributed by atoms with Crippen molar-refractivity contribution in [3.63, 3.8) is 0 Å². The van der Waals surface area contributed by atoms with E-state index in [9.17, 15) is 13.2 Å². The minimum atomic E-state index is -3.73. The molecule has 0 bridgehead atoms. The van der Waals surface area contributed by atoms with Gasteiger partial charge < -0.3 is 5.32 Å². The Morgan fingerprint density at radius 3 is 2.39 bits per heavy atom. The molecule has 0 spiro atoms. The molecule has 6 nitrogen and oxygen atoms in total. The third kappa shape index (κ3) is 5.93. The molecule has 0 aliphatic rings. The number of hydrogen-bond acceptors (Lipinski definition) is 4. The van der Waals surface area contributed by atoms with E-state index in [0.29, 0.717) is 5.92 Å². The van der Waals surface area contributed by atoms with Crippen molar-refractivity contribution in [2.75, 3.05) is 13.6 Å². The summed E-state index contributed by atoms with van der Waals surface area (Å²) in [5.74, 6) is 0.316. The van der Waals surface area contributed by atoms with Gasteiger partial charge in [-0.25, -0.2) is 13.6 Å². The van der Waals surface area contributed by atoms with Gasteiger partial charge >= 0.3 is 0 Å². The van der Waals surface area contributed by atoms with Crippen LogP contribution in [0.5, 0.6) is 0 Å². The van der Waals surface area contributed by atoms with Crippen LogP contribution in [0.25, 0.3) is 0 Å². The van der Waals surface area contributed by atoms with Crippen LogP contribution in [-0.2, 0) is 14.8 Å².